The highest BCUT2D eigenvalue weighted by molar-refractivity contribution is 7.12. The van der Waals surface area contributed by atoms with Gasteiger partial charge in [0.1, 0.15) is 5.82 Å². The van der Waals surface area contributed by atoms with E-state index in [0.29, 0.717) is 17.0 Å². The lowest BCUT2D eigenvalue weighted by Crippen LogP contribution is -2.15. The highest BCUT2D eigenvalue weighted by Gasteiger charge is 2.20. The predicted molar refractivity (Wildman–Crippen MR) is 121 cm³/mol. The highest BCUT2D eigenvalue weighted by Crippen LogP contribution is 2.25. The molecule has 3 heterocycles. The van der Waals surface area contributed by atoms with Crippen LogP contribution in [0.1, 0.15) is 39.8 Å². The number of Topliss-reactive ketones (excluding diaryl/α,β-unsaturated/α-hetero) is 1. The number of esters is 1. The molecular weight excluding hydrogens is 445 g/mol. The van der Waals surface area contributed by atoms with Crippen LogP contribution in [-0.2, 0) is 16.0 Å². The Bertz CT molecular complexity index is 1320. The number of ether oxygens (including phenoxy) is 1. The van der Waals surface area contributed by atoms with Crippen molar-refractivity contribution < 1.29 is 23.1 Å². The third kappa shape index (κ3) is 4.93. The van der Waals surface area contributed by atoms with Gasteiger partial charge in [-0.15, -0.1) is 11.3 Å². The van der Waals surface area contributed by atoms with Crippen LogP contribution in [0.2, 0.25) is 0 Å². The van der Waals surface area contributed by atoms with Crippen molar-refractivity contribution in [1.82, 2.24) is 14.5 Å². The van der Waals surface area contributed by atoms with E-state index in [9.17, 15) is 14.0 Å². The molecule has 4 rings (SSSR count). The number of oxazole rings is 1. The third-order valence-electron chi connectivity index (χ3n) is 5.13. The molecule has 4 aromatic rings. The molecule has 0 saturated carbocycles. The van der Waals surface area contributed by atoms with Gasteiger partial charge in [0.25, 0.3) is 0 Å². The summed E-state index contributed by atoms with van der Waals surface area (Å²) in [5.41, 5.74) is 3.34. The topological polar surface area (TPSA) is 87.2 Å². The Hall–Kier alpha value is -3.59. The second kappa shape index (κ2) is 9.50. The molecule has 0 radical (unpaired) electrons. The van der Waals surface area contributed by atoms with Crippen molar-refractivity contribution in [1.29, 1.82) is 0 Å². The summed E-state index contributed by atoms with van der Waals surface area (Å²) in [4.78, 5) is 33.4. The minimum Gasteiger partial charge on any atom is -0.457 e. The standard InChI is InChI=1S/C24H22FN3O4S/c1-14-13-33-24(27-14)28-15(2)10-18(16(28)3)20(29)12-31-23(30)9-8-22-26-11-21(32-22)17-6-4-5-7-19(17)25/h4-7,10-11,13H,8-9,12H2,1-3H3. The van der Waals surface area contributed by atoms with Crippen LogP contribution in [0.3, 0.4) is 0 Å². The Labute approximate surface area is 193 Å². The van der Waals surface area contributed by atoms with E-state index in [2.05, 4.69) is 9.97 Å². The summed E-state index contributed by atoms with van der Waals surface area (Å²) >= 11 is 1.50. The number of benzene rings is 1. The Kier molecular flexibility index (Phi) is 6.50. The third-order valence-corrected chi connectivity index (χ3v) is 6.07. The van der Waals surface area contributed by atoms with Crippen molar-refractivity contribution in [2.24, 2.45) is 0 Å². The molecule has 0 fully saturated rings. The fourth-order valence-corrected chi connectivity index (χ4v) is 4.41. The van der Waals surface area contributed by atoms with Crippen molar-refractivity contribution in [3.63, 3.8) is 0 Å². The monoisotopic (exact) mass is 467 g/mol. The van der Waals surface area contributed by atoms with E-state index in [1.54, 1.807) is 24.3 Å². The first-order chi connectivity index (χ1) is 15.8. The van der Waals surface area contributed by atoms with E-state index in [-0.39, 0.29) is 31.0 Å². The summed E-state index contributed by atoms with van der Waals surface area (Å²) in [7, 11) is 0. The lowest BCUT2D eigenvalue weighted by molar-refractivity contribution is -0.142. The number of carbonyl (C=O) groups is 2. The first kappa shape index (κ1) is 22.6. The Morgan fingerprint density at radius 2 is 2.00 bits per heavy atom. The van der Waals surface area contributed by atoms with Crippen molar-refractivity contribution in [2.45, 2.75) is 33.6 Å². The lowest BCUT2D eigenvalue weighted by Gasteiger charge is -2.06. The fourth-order valence-electron chi connectivity index (χ4n) is 3.50. The Morgan fingerprint density at radius 1 is 1.21 bits per heavy atom. The molecule has 0 aliphatic rings. The van der Waals surface area contributed by atoms with Crippen LogP contribution in [0.5, 0.6) is 0 Å². The van der Waals surface area contributed by atoms with Gasteiger partial charge in [-0.25, -0.2) is 14.4 Å². The molecule has 0 N–H and O–H groups in total. The number of carbonyl (C=O) groups excluding carboxylic acids is 2. The molecular formula is C24H22FN3O4S. The number of thiazole rings is 1. The molecule has 0 bridgehead atoms. The zero-order valence-electron chi connectivity index (χ0n) is 18.4. The molecule has 0 spiro atoms. The van der Waals surface area contributed by atoms with E-state index < -0.39 is 11.8 Å². The summed E-state index contributed by atoms with van der Waals surface area (Å²) in [5, 5.41) is 2.74. The molecule has 170 valence electrons. The van der Waals surface area contributed by atoms with Gasteiger partial charge < -0.3 is 9.15 Å². The SMILES string of the molecule is Cc1csc(-n2c(C)cc(C(=O)COC(=O)CCc3ncc(-c4ccccc4F)o3)c2C)n1. The van der Waals surface area contributed by atoms with Crippen LogP contribution in [0.15, 0.2) is 46.3 Å². The minimum absolute atomic E-state index is 0.0120. The van der Waals surface area contributed by atoms with Gasteiger partial charge >= 0.3 is 5.97 Å². The van der Waals surface area contributed by atoms with Gasteiger partial charge in [0, 0.05) is 28.8 Å². The second-order valence-electron chi connectivity index (χ2n) is 7.57. The number of ketones is 1. The summed E-state index contributed by atoms with van der Waals surface area (Å²) in [6.07, 6.45) is 1.59. The smallest absolute Gasteiger partial charge is 0.306 e. The van der Waals surface area contributed by atoms with Crippen molar-refractivity contribution in [3.05, 3.63) is 76.3 Å². The van der Waals surface area contributed by atoms with Crippen molar-refractivity contribution >= 4 is 23.1 Å². The number of rotatable bonds is 8. The van der Waals surface area contributed by atoms with Gasteiger partial charge in [0.15, 0.2) is 23.4 Å². The number of aromatic nitrogens is 3. The zero-order valence-corrected chi connectivity index (χ0v) is 19.2. The number of halogens is 1. The molecule has 0 aliphatic carbocycles. The Morgan fingerprint density at radius 3 is 2.73 bits per heavy atom. The number of aryl methyl sites for hydroxylation is 3. The van der Waals surface area contributed by atoms with E-state index >= 15 is 0 Å². The molecule has 9 heteroatoms. The number of hydrogen-bond donors (Lipinski definition) is 0. The quantitative estimate of drug-likeness (QED) is 0.267. The van der Waals surface area contributed by atoms with E-state index in [1.165, 1.54) is 23.6 Å². The first-order valence-electron chi connectivity index (χ1n) is 10.3. The largest absolute Gasteiger partial charge is 0.457 e. The van der Waals surface area contributed by atoms with Crippen molar-refractivity contribution in [2.75, 3.05) is 6.61 Å². The normalized spacial score (nSPS) is 11.0. The molecule has 33 heavy (non-hydrogen) atoms. The molecule has 0 aliphatic heterocycles. The van der Waals surface area contributed by atoms with Gasteiger partial charge in [-0.3, -0.25) is 14.2 Å². The maximum atomic E-state index is 13.9. The van der Waals surface area contributed by atoms with Crippen molar-refractivity contribution in [3.8, 4) is 16.5 Å². The van der Waals surface area contributed by atoms with Gasteiger partial charge in [-0.2, -0.15) is 0 Å². The molecule has 0 saturated heterocycles. The first-order valence-corrected chi connectivity index (χ1v) is 11.2. The summed E-state index contributed by atoms with van der Waals surface area (Å²) in [5.74, 6) is -0.661. The summed E-state index contributed by atoms with van der Waals surface area (Å²) in [6, 6.07) is 7.99. The molecule has 3 aromatic heterocycles. The van der Waals surface area contributed by atoms with E-state index in [0.717, 1.165) is 22.2 Å². The average molecular weight is 468 g/mol. The van der Waals surface area contributed by atoms with Crippen LogP contribution < -0.4 is 0 Å². The van der Waals surface area contributed by atoms with Crippen LogP contribution in [0.25, 0.3) is 16.5 Å². The predicted octanol–water partition coefficient (Wildman–Crippen LogP) is 5.01. The molecule has 7 nitrogen and oxygen atoms in total. The van der Waals surface area contributed by atoms with Gasteiger partial charge in [0.05, 0.1) is 23.9 Å². The second-order valence-corrected chi connectivity index (χ2v) is 8.41. The van der Waals surface area contributed by atoms with Gasteiger partial charge in [-0.1, -0.05) is 12.1 Å². The number of nitrogens with zero attached hydrogens (tertiary/aromatic N) is 3. The van der Waals surface area contributed by atoms with Gasteiger partial charge in [-0.05, 0) is 39.0 Å². The van der Waals surface area contributed by atoms with Crippen LogP contribution in [-0.4, -0.2) is 32.9 Å². The van der Waals surface area contributed by atoms with Crippen LogP contribution in [0, 0.1) is 26.6 Å². The van der Waals surface area contributed by atoms with E-state index in [4.69, 9.17) is 9.15 Å². The Balaban J connectivity index is 1.33. The van der Waals surface area contributed by atoms with Crippen LogP contribution >= 0.6 is 11.3 Å². The average Bonchev–Trinajstić information content (AvgIpc) is 3.50. The molecule has 0 amide bonds. The lowest BCUT2D eigenvalue weighted by atomic mass is 10.1. The maximum Gasteiger partial charge on any atom is 0.306 e. The number of hydrogen-bond acceptors (Lipinski definition) is 7. The molecule has 0 unspecified atom stereocenters. The highest BCUT2D eigenvalue weighted by atomic mass is 32.1. The van der Waals surface area contributed by atoms with Crippen LogP contribution in [0.4, 0.5) is 4.39 Å². The van der Waals surface area contributed by atoms with Gasteiger partial charge in [0.2, 0.25) is 5.78 Å². The minimum atomic E-state index is -0.543. The fraction of sp³-hybridized carbons (Fsp3) is 0.250. The molecule has 1 aromatic carbocycles. The zero-order chi connectivity index (χ0) is 23.5. The van der Waals surface area contributed by atoms with E-state index in [1.807, 2.05) is 30.7 Å². The maximum absolute atomic E-state index is 13.9. The summed E-state index contributed by atoms with van der Waals surface area (Å²) in [6.45, 7) is 5.30. The molecule has 0 atom stereocenters. The summed E-state index contributed by atoms with van der Waals surface area (Å²) < 4.78 is 26.5.